The van der Waals surface area contributed by atoms with Gasteiger partial charge in [0.25, 0.3) is 5.91 Å². The zero-order chi connectivity index (χ0) is 17.4. The molecule has 4 nitrogen and oxygen atoms in total. The van der Waals surface area contributed by atoms with Crippen molar-refractivity contribution in [1.29, 1.82) is 0 Å². The topological polar surface area (TPSA) is 58.4 Å². The Morgan fingerprint density at radius 3 is 2.56 bits per heavy atom. The van der Waals surface area contributed by atoms with Gasteiger partial charge < -0.3 is 15.4 Å². The summed E-state index contributed by atoms with van der Waals surface area (Å²) in [6, 6.07) is 16.7. The first-order chi connectivity index (χ1) is 12.1. The Hall–Kier alpha value is -2.37. The van der Waals surface area contributed by atoms with Crippen LogP contribution in [0.4, 0.5) is 17.1 Å². The zero-order valence-corrected chi connectivity index (χ0v) is 14.9. The lowest BCUT2D eigenvalue weighted by atomic mass is 10.1. The van der Waals surface area contributed by atoms with E-state index in [0.29, 0.717) is 22.0 Å². The maximum Gasteiger partial charge on any atom is 0.255 e. The molecular formula is C19H16ClN3OS. The summed E-state index contributed by atoms with van der Waals surface area (Å²) in [5.74, 6) is 0.989. The van der Waals surface area contributed by atoms with Crippen LogP contribution in [-0.4, -0.2) is 18.2 Å². The minimum Gasteiger partial charge on any atom is -0.398 e. The summed E-state index contributed by atoms with van der Waals surface area (Å²) >= 11 is 8.04. The summed E-state index contributed by atoms with van der Waals surface area (Å²) in [7, 11) is 0. The van der Waals surface area contributed by atoms with Crippen molar-refractivity contribution in [3.05, 3.63) is 65.2 Å². The average molecular weight is 370 g/mol. The third-order valence-electron chi connectivity index (χ3n) is 4.23. The molecule has 1 heterocycles. The number of amides is 1. The number of nitrogens with one attached hydrogen (secondary N) is 1. The molecule has 0 spiro atoms. The first-order valence-electron chi connectivity index (χ1n) is 7.92. The fraction of sp³-hybridized carbons (Fsp3) is 0.105. The largest absolute Gasteiger partial charge is 0.398 e. The number of nitrogens with zero attached hydrogens (tertiary/aromatic N) is 1. The molecule has 1 fully saturated rings. The Balaban J connectivity index is 1.61. The molecule has 0 radical (unpaired) electrons. The highest BCUT2D eigenvalue weighted by Crippen LogP contribution is 2.34. The number of hydrogen-bond acceptors (Lipinski definition) is 4. The average Bonchev–Trinajstić information content (AvgIpc) is 2.56. The minimum atomic E-state index is -0.158. The fourth-order valence-corrected chi connectivity index (χ4v) is 3.77. The van der Waals surface area contributed by atoms with E-state index in [0.717, 1.165) is 28.8 Å². The first-order valence-corrected chi connectivity index (χ1v) is 9.24. The number of hydrogen-bond donors (Lipinski definition) is 2. The van der Waals surface area contributed by atoms with Gasteiger partial charge >= 0.3 is 0 Å². The van der Waals surface area contributed by atoms with Crippen LogP contribution in [0.1, 0.15) is 10.4 Å². The van der Waals surface area contributed by atoms with Crippen molar-refractivity contribution in [2.24, 2.45) is 0 Å². The normalized spacial score (nSPS) is 13.6. The van der Waals surface area contributed by atoms with Gasteiger partial charge in [0.05, 0.1) is 5.02 Å². The molecule has 25 heavy (non-hydrogen) atoms. The minimum absolute atomic E-state index is 0.158. The van der Waals surface area contributed by atoms with Crippen molar-refractivity contribution in [3.63, 3.8) is 0 Å². The highest BCUT2D eigenvalue weighted by Gasteiger charge is 2.16. The number of rotatable bonds is 3. The second-order valence-electron chi connectivity index (χ2n) is 5.80. The predicted molar refractivity (Wildman–Crippen MR) is 108 cm³/mol. The van der Waals surface area contributed by atoms with Crippen LogP contribution >= 0.6 is 23.5 Å². The molecule has 1 saturated heterocycles. The van der Waals surface area contributed by atoms with E-state index in [-0.39, 0.29) is 5.91 Å². The van der Waals surface area contributed by atoms with Gasteiger partial charge in [0.1, 0.15) is 0 Å². The lowest BCUT2D eigenvalue weighted by Gasteiger charge is -2.31. The summed E-state index contributed by atoms with van der Waals surface area (Å²) in [6.07, 6.45) is 0. The molecule has 0 unspecified atom stereocenters. The molecule has 0 aromatic heterocycles. The van der Waals surface area contributed by atoms with E-state index in [2.05, 4.69) is 9.62 Å². The van der Waals surface area contributed by atoms with Gasteiger partial charge in [-0.25, -0.2) is 0 Å². The summed E-state index contributed by atoms with van der Waals surface area (Å²) < 4.78 is 2.21. The van der Waals surface area contributed by atoms with Gasteiger partial charge in [-0.05, 0) is 54.4 Å². The molecule has 1 amide bonds. The SMILES string of the molecule is Nc1cccc2c(NC(=O)c3ccc(N4CCS4)cc3)ccc(Cl)c12. The molecule has 0 saturated carbocycles. The van der Waals surface area contributed by atoms with Crippen LogP contribution in [0.25, 0.3) is 10.8 Å². The van der Waals surface area contributed by atoms with Crippen molar-refractivity contribution in [1.82, 2.24) is 0 Å². The number of anilines is 3. The summed E-state index contributed by atoms with van der Waals surface area (Å²) in [6.45, 7) is 1.05. The third kappa shape index (κ3) is 3.01. The van der Waals surface area contributed by atoms with Gasteiger partial charge in [-0.15, -0.1) is 0 Å². The van der Waals surface area contributed by atoms with Gasteiger partial charge in [-0.2, -0.15) is 0 Å². The van der Waals surface area contributed by atoms with Crippen LogP contribution in [0.15, 0.2) is 54.6 Å². The van der Waals surface area contributed by atoms with Crippen molar-refractivity contribution in [2.75, 3.05) is 27.7 Å². The van der Waals surface area contributed by atoms with Crippen LogP contribution in [0, 0.1) is 0 Å². The molecule has 3 aromatic carbocycles. The van der Waals surface area contributed by atoms with E-state index in [1.54, 1.807) is 30.1 Å². The monoisotopic (exact) mass is 369 g/mol. The number of carbonyl (C=O) groups excluding carboxylic acids is 1. The van der Waals surface area contributed by atoms with Gasteiger partial charge in [0, 0.05) is 45.7 Å². The van der Waals surface area contributed by atoms with Crippen molar-refractivity contribution < 1.29 is 4.79 Å². The highest BCUT2D eigenvalue weighted by atomic mass is 35.5. The van der Waals surface area contributed by atoms with Gasteiger partial charge in [-0.3, -0.25) is 4.79 Å². The molecule has 3 aromatic rings. The Labute approximate surface area is 155 Å². The van der Waals surface area contributed by atoms with Crippen LogP contribution in [0.2, 0.25) is 5.02 Å². The molecule has 1 aliphatic heterocycles. The summed E-state index contributed by atoms with van der Waals surface area (Å²) in [5.41, 5.74) is 9.05. The van der Waals surface area contributed by atoms with Gasteiger partial charge in [0.15, 0.2) is 0 Å². The first kappa shape index (κ1) is 16.1. The Morgan fingerprint density at radius 1 is 1.12 bits per heavy atom. The molecule has 3 N–H and O–H groups in total. The van der Waals surface area contributed by atoms with E-state index >= 15 is 0 Å². The van der Waals surface area contributed by atoms with E-state index in [9.17, 15) is 4.79 Å². The molecule has 4 rings (SSSR count). The number of nitrogen functional groups attached to an aromatic ring is 1. The molecule has 6 heteroatoms. The number of fused-ring (bicyclic) bond motifs is 1. The number of nitrogens with two attached hydrogens (primary N) is 1. The number of carbonyl (C=O) groups is 1. The van der Waals surface area contributed by atoms with Crippen LogP contribution in [0.3, 0.4) is 0 Å². The van der Waals surface area contributed by atoms with Crippen LogP contribution in [0.5, 0.6) is 0 Å². The quantitative estimate of drug-likeness (QED) is 0.514. The number of halogens is 1. The van der Waals surface area contributed by atoms with E-state index < -0.39 is 0 Å². The molecule has 0 bridgehead atoms. The maximum atomic E-state index is 12.6. The maximum absolute atomic E-state index is 12.6. The molecule has 0 atom stereocenters. The van der Waals surface area contributed by atoms with Crippen molar-refractivity contribution in [2.45, 2.75) is 0 Å². The molecule has 0 aliphatic carbocycles. The lowest BCUT2D eigenvalue weighted by Crippen LogP contribution is -2.28. The van der Waals surface area contributed by atoms with Gasteiger partial charge in [-0.1, -0.05) is 23.7 Å². The smallest absolute Gasteiger partial charge is 0.255 e. The second kappa shape index (κ2) is 6.50. The molecule has 1 aliphatic rings. The summed E-state index contributed by atoms with van der Waals surface area (Å²) in [5, 5.41) is 5.12. The fourth-order valence-electron chi connectivity index (χ4n) is 2.86. The van der Waals surface area contributed by atoms with Crippen LogP contribution < -0.4 is 15.4 Å². The van der Waals surface area contributed by atoms with Gasteiger partial charge in [0.2, 0.25) is 0 Å². The Morgan fingerprint density at radius 2 is 1.88 bits per heavy atom. The predicted octanol–water partition coefficient (Wildman–Crippen LogP) is 4.80. The Bertz CT molecular complexity index is 947. The third-order valence-corrected chi connectivity index (χ3v) is 5.61. The summed E-state index contributed by atoms with van der Waals surface area (Å²) in [4.78, 5) is 12.6. The second-order valence-corrected chi connectivity index (χ2v) is 7.32. The van der Waals surface area contributed by atoms with E-state index in [4.69, 9.17) is 17.3 Å². The highest BCUT2D eigenvalue weighted by molar-refractivity contribution is 8.02. The van der Waals surface area contributed by atoms with Crippen LogP contribution in [-0.2, 0) is 0 Å². The van der Waals surface area contributed by atoms with E-state index in [1.165, 1.54) is 0 Å². The Kier molecular flexibility index (Phi) is 4.19. The lowest BCUT2D eigenvalue weighted by molar-refractivity contribution is 0.102. The van der Waals surface area contributed by atoms with E-state index in [1.807, 2.05) is 36.4 Å². The molecular weight excluding hydrogens is 354 g/mol. The standard InChI is InChI=1S/C19H16ClN3OS/c20-15-8-9-17(14-2-1-3-16(21)18(14)15)22-19(24)12-4-6-13(7-5-12)23-10-11-25-23/h1-9H,10-11,21H2,(H,22,24). The molecule has 126 valence electrons. The number of benzene rings is 3. The van der Waals surface area contributed by atoms with Crippen molar-refractivity contribution in [3.8, 4) is 0 Å². The van der Waals surface area contributed by atoms with Crippen molar-refractivity contribution >= 4 is 57.3 Å². The zero-order valence-electron chi connectivity index (χ0n) is 13.3.